The molecular formula is C15H16N4O2. The van der Waals surface area contributed by atoms with Crippen LogP contribution >= 0.6 is 0 Å². The Morgan fingerprint density at radius 1 is 1.33 bits per heavy atom. The number of nitrogens with two attached hydrogens (primary N) is 1. The molecule has 0 aliphatic heterocycles. The van der Waals surface area contributed by atoms with Gasteiger partial charge in [-0.05, 0) is 32.0 Å². The van der Waals surface area contributed by atoms with Crippen molar-refractivity contribution >= 4 is 28.4 Å². The summed E-state index contributed by atoms with van der Waals surface area (Å²) < 4.78 is 7.10. The van der Waals surface area contributed by atoms with E-state index >= 15 is 0 Å². The van der Waals surface area contributed by atoms with Crippen LogP contribution in [0.4, 0.5) is 11.5 Å². The van der Waals surface area contributed by atoms with Crippen molar-refractivity contribution in [3.05, 3.63) is 41.3 Å². The predicted molar refractivity (Wildman–Crippen MR) is 81.3 cm³/mol. The molecule has 0 saturated heterocycles. The highest BCUT2D eigenvalue weighted by atomic mass is 16.3. The van der Waals surface area contributed by atoms with Gasteiger partial charge in [-0.1, -0.05) is 11.6 Å². The van der Waals surface area contributed by atoms with Crippen LogP contribution in [-0.4, -0.2) is 15.7 Å². The zero-order chi connectivity index (χ0) is 15.1. The molecule has 0 atom stereocenters. The van der Waals surface area contributed by atoms with E-state index in [1.54, 1.807) is 20.0 Å². The smallest absolute Gasteiger partial charge is 0.292 e. The van der Waals surface area contributed by atoms with Gasteiger partial charge in [0, 0.05) is 12.4 Å². The normalized spacial score (nSPS) is 11.0. The van der Waals surface area contributed by atoms with Gasteiger partial charge in [0.05, 0.1) is 11.4 Å². The number of rotatable bonds is 2. The third-order valence-corrected chi connectivity index (χ3v) is 3.40. The zero-order valence-electron chi connectivity index (χ0n) is 12.1. The number of nitrogens with zero attached hydrogens (tertiary/aromatic N) is 2. The average Bonchev–Trinajstić information content (AvgIpc) is 2.95. The second-order valence-corrected chi connectivity index (χ2v) is 5.08. The highest BCUT2D eigenvalue weighted by molar-refractivity contribution is 6.05. The summed E-state index contributed by atoms with van der Waals surface area (Å²) >= 11 is 0. The maximum absolute atomic E-state index is 12.3. The van der Waals surface area contributed by atoms with Gasteiger partial charge in [-0.25, -0.2) is 0 Å². The van der Waals surface area contributed by atoms with Crippen LogP contribution < -0.4 is 11.1 Å². The second-order valence-electron chi connectivity index (χ2n) is 5.08. The van der Waals surface area contributed by atoms with E-state index in [1.807, 2.05) is 25.1 Å². The molecule has 2 heterocycles. The molecule has 1 amide bonds. The van der Waals surface area contributed by atoms with E-state index in [0.29, 0.717) is 22.8 Å². The Hall–Kier alpha value is -2.76. The number of carbonyl (C=O) groups is 1. The summed E-state index contributed by atoms with van der Waals surface area (Å²) in [6.07, 6.45) is 0. The van der Waals surface area contributed by atoms with E-state index in [1.165, 1.54) is 4.68 Å². The number of aromatic nitrogens is 2. The lowest BCUT2D eigenvalue weighted by atomic mass is 10.2. The summed E-state index contributed by atoms with van der Waals surface area (Å²) in [7, 11) is 1.72. The molecule has 6 heteroatoms. The number of furan rings is 1. The number of nitrogen functional groups attached to an aromatic ring is 1. The molecule has 0 aliphatic rings. The average molecular weight is 284 g/mol. The van der Waals surface area contributed by atoms with Crippen LogP contribution in [-0.2, 0) is 7.05 Å². The first-order valence-corrected chi connectivity index (χ1v) is 6.56. The molecule has 0 aliphatic carbocycles. The number of hydrogen-bond donors (Lipinski definition) is 2. The Kier molecular flexibility index (Phi) is 2.94. The Morgan fingerprint density at radius 3 is 2.76 bits per heavy atom. The van der Waals surface area contributed by atoms with Crippen LogP contribution in [0.15, 0.2) is 28.7 Å². The molecule has 3 N–H and O–H groups in total. The second kappa shape index (κ2) is 4.66. The van der Waals surface area contributed by atoms with Gasteiger partial charge in [0.1, 0.15) is 5.58 Å². The van der Waals surface area contributed by atoms with Crippen molar-refractivity contribution in [1.82, 2.24) is 9.78 Å². The molecule has 0 saturated carbocycles. The molecule has 3 rings (SSSR count). The monoisotopic (exact) mass is 284 g/mol. The van der Waals surface area contributed by atoms with Crippen molar-refractivity contribution < 1.29 is 9.21 Å². The molecule has 6 nitrogen and oxygen atoms in total. The third-order valence-electron chi connectivity index (χ3n) is 3.40. The Bertz CT molecular complexity index is 845. The van der Waals surface area contributed by atoms with E-state index in [-0.39, 0.29) is 11.7 Å². The van der Waals surface area contributed by atoms with Gasteiger partial charge in [0.2, 0.25) is 0 Å². The minimum absolute atomic E-state index is 0.244. The molecule has 3 aromatic rings. The standard InChI is InChI=1S/C15H16N4O2/c1-8-4-5-11-10(6-8)7-12(21-11)15(20)17-14-13(16)9(2)18-19(14)3/h4-7H,16H2,1-3H3,(H,17,20). The zero-order valence-corrected chi connectivity index (χ0v) is 12.1. The number of carbonyl (C=O) groups excluding carboxylic acids is 1. The molecule has 0 bridgehead atoms. The third kappa shape index (κ3) is 2.24. The molecule has 0 fully saturated rings. The predicted octanol–water partition coefficient (Wildman–Crippen LogP) is 2.62. The summed E-state index contributed by atoms with van der Waals surface area (Å²) in [4.78, 5) is 12.3. The van der Waals surface area contributed by atoms with E-state index in [9.17, 15) is 4.79 Å². The van der Waals surface area contributed by atoms with Gasteiger partial charge in [-0.3, -0.25) is 9.48 Å². The van der Waals surface area contributed by atoms with Crippen LogP contribution in [0, 0.1) is 13.8 Å². The first-order valence-electron chi connectivity index (χ1n) is 6.56. The van der Waals surface area contributed by atoms with Crippen LogP contribution in [0.1, 0.15) is 21.8 Å². The van der Waals surface area contributed by atoms with Crippen molar-refractivity contribution in [2.24, 2.45) is 7.05 Å². The molecule has 0 unspecified atom stereocenters. The lowest BCUT2D eigenvalue weighted by Gasteiger charge is -2.04. The molecule has 1 aromatic carbocycles. The summed E-state index contributed by atoms with van der Waals surface area (Å²) in [6.45, 7) is 3.78. The number of fused-ring (bicyclic) bond motifs is 1. The first kappa shape index (κ1) is 13.2. The number of aryl methyl sites for hydroxylation is 3. The summed E-state index contributed by atoms with van der Waals surface area (Å²) in [5.41, 5.74) is 8.82. The van der Waals surface area contributed by atoms with E-state index in [4.69, 9.17) is 10.2 Å². The number of amides is 1. The molecule has 2 aromatic heterocycles. The van der Waals surface area contributed by atoms with Crippen molar-refractivity contribution in [2.45, 2.75) is 13.8 Å². The van der Waals surface area contributed by atoms with Crippen LogP contribution in [0.2, 0.25) is 0 Å². The van der Waals surface area contributed by atoms with Crippen LogP contribution in [0.25, 0.3) is 11.0 Å². The van der Waals surface area contributed by atoms with E-state index in [0.717, 1.165) is 10.9 Å². The lowest BCUT2D eigenvalue weighted by Crippen LogP contribution is -2.14. The number of benzene rings is 1. The number of anilines is 2. The molecule has 0 spiro atoms. The number of nitrogens with one attached hydrogen (secondary N) is 1. The Morgan fingerprint density at radius 2 is 2.10 bits per heavy atom. The molecular weight excluding hydrogens is 268 g/mol. The first-order chi connectivity index (χ1) is 9.95. The van der Waals surface area contributed by atoms with Gasteiger partial charge < -0.3 is 15.5 Å². The summed E-state index contributed by atoms with van der Waals surface area (Å²) in [5, 5.41) is 7.79. The van der Waals surface area contributed by atoms with Gasteiger partial charge in [-0.15, -0.1) is 0 Å². The van der Waals surface area contributed by atoms with Crippen LogP contribution in [0.3, 0.4) is 0 Å². The maximum atomic E-state index is 12.3. The highest BCUT2D eigenvalue weighted by Gasteiger charge is 2.17. The SMILES string of the molecule is Cc1ccc2oc(C(=O)Nc3c(N)c(C)nn3C)cc2c1. The molecule has 108 valence electrons. The largest absolute Gasteiger partial charge is 0.451 e. The topological polar surface area (TPSA) is 86.1 Å². The molecule has 21 heavy (non-hydrogen) atoms. The van der Waals surface area contributed by atoms with Gasteiger partial charge in [-0.2, -0.15) is 5.10 Å². The highest BCUT2D eigenvalue weighted by Crippen LogP contribution is 2.24. The number of hydrogen-bond acceptors (Lipinski definition) is 4. The summed E-state index contributed by atoms with van der Waals surface area (Å²) in [5.74, 6) is 0.363. The van der Waals surface area contributed by atoms with Gasteiger partial charge in [0.25, 0.3) is 5.91 Å². The van der Waals surface area contributed by atoms with E-state index in [2.05, 4.69) is 10.4 Å². The van der Waals surface area contributed by atoms with Gasteiger partial charge in [0.15, 0.2) is 11.6 Å². The van der Waals surface area contributed by atoms with Gasteiger partial charge >= 0.3 is 0 Å². The fraction of sp³-hybridized carbons (Fsp3) is 0.200. The Balaban J connectivity index is 1.93. The van der Waals surface area contributed by atoms with Crippen molar-refractivity contribution in [1.29, 1.82) is 0 Å². The fourth-order valence-electron chi connectivity index (χ4n) is 2.27. The van der Waals surface area contributed by atoms with Crippen molar-refractivity contribution in [3.8, 4) is 0 Å². The van der Waals surface area contributed by atoms with Crippen LogP contribution in [0.5, 0.6) is 0 Å². The minimum Gasteiger partial charge on any atom is -0.451 e. The summed E-state index contributed by atoms with van der Waals surface area (Å²) in [6, 6.07) is 7.48. The fourth-order valence-corrected chi connectivity index (χ4v) is 2.27. The minimum atomic E-state index is -0.349. The maximum Gasteiger partial charge on any atom is 0.292 e. The quantitative estimate of drug-likeness (QED) is 0.757. The molecule has 0 radical (unpaired) electrons. The van der Waals surface area contributed by atoms with E-state index < -0.39 is 0 Å². The van der Waals surface area contributed by atoms with Crippen molar-refractivity contribution in [3.63, 3.8) is 0 Å². The van der Waals surface area contributed by atoms with Crippen molar-refractivity contribution in [2.75, 3.05) is 11.1 Å². The Labute approximate surface area is 121 Å². The lowest BCUT2D eigenvalue weighted by molar-refractivity contribution is 0.0998.